The molecule has 1 heterocycles. The number of hydrogen-bond donors (Lipinski definition) is 1. The lowest BCUT2D eigenvalue weighted by molar-refractivity contribution is -0.133. The molecular formula is C24H29NO3. The molecule has 0 aromatic heterocycles. The molecule has 1 amide bonds. The van der Waals surface area contributed by atoms with Crippen molar-refractivity contribution < 1.29 is 14.7 Å². The van der Waals surface area contributed by atoms with E-state index in [9.17, 15) is 14.7 Å². The Morgan fingerprint density at radius 2 is 1.68 bits per heavy atom. The predicted molar refractivity (Wildman–Crippen MR) is 110 cm³/mol. The highest BCUT2D eigenvalue weighted by molar-refractivity contribution is 5.98. The van der Waals surface area contributed by atoms with Crippen LogP contribution < -0.4 is 0 Å². The average Bonchev–Trinajstić information content (AvgIpc) is 2.73. The van der Waals surface area contributed by atoms with Crippen LogP contribution in [0.25, 0.3) is 0 Å². The third kappa shape index (κ3) is 5.44. The minimum Gasteiger partial charge on any atom is -0.508 e. The van der Waals surface area contributed by atoms with E-state index < -0.39 is 0 Å². The van der Waals surface area contributed by atoms with Gasteiger partial charge < -0.3 is 10.0 Å². The summed E-state index contributed by atoms with van der Waals surface area (Å²) in [5.41, 5.74) is 1.95. The molecule has 1 aliphatic heterocycles. The molecule has 1 aliphatic rings. The normalized spacial score (nSPS) is 16.0. The summed E-state index contributed by atoms with van der Waals surface area (Å²) in [5, 5.41) is 9.36. The standard InChI is InChI=1S/C24H29NO3/c1-18(7-8-19-5-3-2-4-6-19)17-23(27)25-15-13-21(14-16-25)24(28)20-9-11-22(26)12-10-20/h2-6,9-12,18,21,26H,7-8,13-17H2,1H3. The summed E-state index contributed by atoms with van der Waals surface area (Å²) in [4.78, 5) is 27.1. The Bertz CT molecular complexity index is 777. The first-order valence-corrected chi connectivity index (χ1v) is 10.2. The van der Waals surface area contributed by atoms with Gasteiger partial charge in [0.1, 0.15) is 5.75 Å². The molecule has 0 saturated carbocycles. The summed E-state index contributed by atoms with van der Waals surface area (Å²) >= 11 is 0. The molecule has 1 unspecified atom stereocenters. The molecule has 3 rings (SSSR count). The second-order valence-electron chi connectivity index (χ2n) is 7.90. The molecule has 1 N–H and O–H groups in total. The van der Waals surface area contributed by atoms with Crippen LogP contribution in [-0.4, -0.2) is 34.8 Å². The largest absolute Gasteiger partial charge is 0.508 e. The quantitative estimate of drug-likeness (QED) is 0.722. The second-order valence-corrected chi connectivity index (χ2v) is 7.90. The van der Waals surface area contributed by atoms with Crippen molar-refractivity contribution in [2.75, 3.05) is 13.1 Å². The molecule has 0 aliphatic carbocycles. The first-order valence-electron chi connectivity index (χ1n) is 10.2. The summed E-state index contributed by atoms with van der Waals surface area (Å²) in [6.45, 7) is 3.44. The molecule has 0 bridgehead atoms. The number of hydrogen-bond acceptors (Lipinski definition) is 3. The van der Waals surface area contributed by atoms with Gasteiger partial charge in [0.2, 0.25) is 5.91 Å². The van der Waals surface area contributed by atoms with E-state index in [1.807, 2.05) is 11.0 Å². The van der Waals surface area contributed by atoms with E-state index in [2.05, 4.69) is 31.2 Å². The Morgan fingerprint density at radius 1 is 1.04 bits per heavy atom. The molecule has 1 fully saturated rings. The zero-order valence-electron chi connectivity index (χ0n) is 16.5. The zero-order valence-corrected chi connectivity index (χ0v) is 16.5. The number of phenolic OH excluding ortho intramolecular Hbond substituents is 1. The fraction of sp³-hybridized carbons (Fsp3) is 0.417. The van der Waals surface area contributed by atoms with E-state index in [0.717, 1.165) is 12.8 Å². The van der Waals surface area contributed by atoms with Gasteiger partial charge in [0.05, 0.1) is 0 Å². The van der Waals surface area contributed by atoms with E-state index in [0.29, 0.717) is 43.8 Å². The van der Waals surface area contributed by atoms with Crippen LogP contribution >= 0.6 is 0 Å². The number of carbonyl (C=O) groups is 2. The second kappa shape index (κ2) is 9.54. The molecule has 4 heteroatoms. The summed E-state index contributed by atoms with van der Waals surface area (Å²) in [6.07, 6.45) is 4.00. The minimum atomic E-state index is -0.0379. The van der Waals surface area contributed by atoms with Crippen molar-refractivity contribution in [1.82, 2.24) is 4.90 Å². The molecule has 2 aromatic carbocycles. The van der Waals surface area contributed by atoms with Crippen molar-refractivity contribution in [3.8, 4) is 5.75 Å². The van der Waals surface area contributed by atoms with Crippen molar-refractivity contribution in [3.05, 3.63) is 65.7 Å². The lowest BCUT2D eigenvalue weighted by Gasteiger charge is -2.32. The molecule has 1 atom stereocenters. The Labute approximate surface area is 167 Å². The van der Waals surface area contributed by atoms with Gasteiger partial charge in [-0.2, -0.15) is 0 Å². The number of piperidine rings is 1. The maximum atomic E-state index is 12.6. The molecular weight excluding hydrogens is 350 g/mol. The fourth-order valence-corrected chi connectivity index (χ4v) is 3.84. The van der Waals surface area contributed by atoms with E-state index in [4.69, 9.17) is 0 Å². The first kappa shape index (κ1) is 20.1. The number of aromatic hydroxyl groups is 1. The highest BCUT2D eigenvalue weighted by Gasteiger charge is 2.28. The maximum absolute atomic E-state index is 12.6. The van der Waals surface area contributed by atoms with Crippen LogP contribution in [0.4, 0.5) is 0 Å². The van der Waals surface area contributed by atoms with E-state index >= 15 is 0 Å². The lowest BCUT2D eigenvalue weighted by Crippen LogP contribution is -2.40. The van der Waals surface area contributed by atoms with Gasteiger partial charge in [0, 0.05) is 31.0 Å². The lowest BCUT2D eigenvalue weighted by atomic mass is 9.88. The van der Waals surface area contributed by atoms with Crippen molar-refractivity contribution in [2.24, 2.45) is 11.8 Å². The molecule has 2 aromatic rings. The van der Waals surface area contributed by atoms with Gasteiger partial charge in [-0.1, -0.05) is 37.3 Å². The number of nitrogens with zero attached hydrogens (tertiary/aromatic N) is 1. The van der Waals surface area contributed by atoms with Gasteiger partial charge in [0.15, 0.2) is 5.78 Å². The van der Waals surface area contributed by atoms with Crippen LogP contribution in [0.1, 0.15) is 48.5 Å². The Hall–Kier alpha value is -2.62. The van der Waals surface area contributed by atoms with Crippen LogP contribution in [0.2, 0.25) is 0 Å². The van der Waals surface area contributed by atoms with Crippen LogP contribution in [0.15, 0.2) is 54.6 Å². The molecule has 1 saturated heterocycles. The van der Waals surface area contributed by atoms with E-state index in [1.165, 1.54) is 5.56 Å². The van der Waals surface area contributed by atoms with Gasteiger partial charge in [-0.05, 0) is 61.4 Å². The molecule has 0 spiro atoms. The number of likely N-dealkylation sites (tertiary alicyclic amines) is 1. The smallest absolute Gasteiger partial charge is 0.222 e. The highest BCUT2D eigenvalue weighted by atomic mass is 16.3. The minimum absolute atomic E-state index is 0.0379. The molecule has 0 radical (unpaired) electrons. The number of carbonyl (C=O) groups excluding carboxylic acids is 2. The topological polar surface area (TPSA) is 57.6 Å². The van der Waals surface area contributed by atoms with Gasteiger partial charge in [-0.3, -0.25) is 9.59 Å². The van der Waals surface area contributed by atoms with Crippen LogP contribution in [-0.2, 0) is 11.2 Å². The SMILES string of the molecule is CC(CCc1ccccc1)CC(=O)N1CCC(C(=O)c2ccc(O)cc2)CC1. The Kier molecular flexibility index (Phi) is 6.85. The van der Waals surface area contributed by atoms with Crippen molar-refractivity contribution in [1.29, 1.82) is 0 Å². The van der Waals surface area contributed by atoms with Crippen LogP contribution in [0, 0.1) is 11.8 Å². The van der Waals surface area contributed by atoms with Crippen LogP contribution in [0.5, 0.6) is 5.75 Å². The number of aryl methyl sites for hydroxylation is 1. The summed E-state index contributed by atoms with van der Waals surface area (Å²) < 4.78 is 0. The van der Waals surface area contributed by atoms with Gasteiger partial charge in [-0.15, -0.1) is 0 Å². The van der Waals surface area contributed by atoms with Crippen molar-refractivity contribution >= 4 is 11.7 Å². The highest BCUT2D eigenvalue weighted by Crippen LogP contribution is 2.24. The number of benzene rings is 2. The Morgan fingerprint density at radius 3 is 2.32 bits per heavy atom. The van der Waals surface area contributed by atoms with Crippen LogP contribution in [0.3, 0.4) is 0 Å². The van der Waals surface area contributed by atoms with Crippen molar-refractivity contribution in [3.63, 3.8) is 0 Å². The average molecular weight is 380 g/mol. The number of ketones is 1. The van der Waals surface area contributed by atoms with E-state index in [1.54, 1.807) is 24.3 Å². The summed E-state index contributed by atoms with van der Waals surface area (Å²) in [5.74, 6) is 0.797. The van der Waals surface area contributed by atoms with Crippen molar-refractivity contribution in [2.45, 2.75) is 39.0 Å². The van der Waals surface area contributed by atoms with E-state index in [-0.39, 0.29) is 23.4 Å². The molecule has 148 valence electrons. The Balaban J connectivity index is 1.43. The van der Waals surface area contributed by atoms with Gasteiger partial charge in [-0.25, -0.2) is 0 Å². The number of phenols is 1. The third-order valence-electron chi connectivity index (χ3n) is 5.66. The first-order chi connectivity index (χ1) is 13.5. The molecule has 4 nitrogen and oxygen atoms in total. The third-order valence-corrected chi connectivity index (χ3v) is 5.66. The number of amides is 1. The van der Waals surface area contributed by atoms with Gasteiger partial charge >= 0.3 is 0 Å². The summed E-state index contributed by atoms with van der Waals surface area (Å²) in [6, 6.07) is 16.8. The van der Waals surface area contributed by atoms with Gasteiger partial charge in [0.25, 0.3) is 0 Å². The summed E-state index contributed by atoms with van der Waals surface area (Å²) in [7, 11) is 0. The number of rotatable bonds is 7. The predicted octanol–water partition coefficient (Wildman–Crippen LogP) is 4.47. The molecule has 28 heavy (non-hydrogen) atoms. The zero-order chi connectivity index (χ0) is 19.9. The number of Topliss-reactive ketones (excluding diaryl/α,β-unsaturated/α-hetero) is 1. The monoisotopic (exact) mass is 379 g/mol. The maximum Gasteiger partial charge on any atom is 0.222 e. The fourth-order valence-electron chi connectivity index (χ4n) is 3.84.